The lowest BCUT2D eigenvalue weighted by molar-refractivity contribution is 0.305. The molecule has 0 spiro atoms. The summed E-state index contributed by atoms with van der Waals surface area (Å²) in [5.41, 5.74) is 8.78. The molecule has 4 rings (SSSR count). The minimum atomic E-state index is 0.454. The molecule has 27 heavy (non-hydrogen) atoms. The van der Waals surface area contributed by atoms with E-state index in [1.807, 2.05) is 54.6 Å². The van der Waals surface area contributed by atoms with Gasteiger partial charge in [0.05, 0.1) is 5.56 Å². The minimum Gasteiger partial charge on any atom is -0.492 e. The molecule has 0 aliphatic heterocycles. The van der Waals surface area contributed by atoms with Crippen LogP contribution in [0.15, 0.2) is 71.4 Å². The highest BCUT2D eigenvalue weighted by molar-refractivity contribution is 5.77. The van der Waals surface area contributed by atoms with Crippen LogP contribution in [0.4, 0.5) is 0 Å². The van der Waals surface area contributed by atoms with Crippen molar-refractivity contribution >= 4 is 11.1 Å². The van der Waals surface area contributed by atoms with Gasteiger partial charge in [-0.15, -0.1) is 0 Å². The Morgan fingerprint density at radius 3 is 2.59 bits per heavy atom. The molecule has 0 radical (unpaired) electrons. The van der Waals surface area contributed by atoms with Gasteiger partial charge in [0.2, 0.25) is 5.89 Å². The van der Waals surface area contributed by atoms with Gasteiger partial charge in [0.25, 0.3) is 0 Å². The summed E-state index contributed by atoms with van der Waals surface area (Å²) in [5.74, 6) is 2.08. The predicted octanol–water partition coefficient (Wildman–Crippen LogP) is 3.81. The quantitative estimate of drug-likeness (QED) is 0.539. The van der Waals surface area contributed by atoms with E-state index < -0.39 is 0 Å². The standard InChI is InChI=1S/C21H19N3O3/c22-9-11-25-17-5-3-15(4-6-17)14-26-18-7-8-20-19(12-18)24-21(27-20)16-2-1-10-23-13-16/h1-8,10,12-13H,9,11,14,22H2. The van der Waals surface area contributed by atoms with E-state index in [1.54, 1.807) is 12.4 Å². The molecule has 2 heterocycles. The van der Waals surface area contributed by atoms with Gasteiger partial charge in [0.15, 0.2) is 5.58 Å². The molecule has 0 fully saturated rings. The smallest absolute Gasteiger partial charge is 0.228 e. The van der Waals surface area contributed by atoms with Crippen LogP contribution in [0, 0.1) is 0 Å². The number of nitrogens with zero attached hydrogens (tertiary/aromatic N) is 2. The lowest BCUT2D eigenvalue weighted by atomic mass is 10.2. The third-order valence-corrected chi connectivity index (χ3v) is 3.98. The van der Waals surface area contributed by atoms with Crippen LogP contribution in [0.1, 0.15) is 5.56 Å². The summed E-state index contributed by atoms with van der Waals surface area (Å²) < 4.78 is 17.1. The van der Waals surface area contributed by atoms with E-state index in [4.69, 9.17) is 19.6 Å². The number of hydrogen-bond donors (Lipinski definition) is 1. The highest BCUT2D eigenvalue weighted by Crippen LogP contribution is 2.27. The molecule has 4 aromatic rings. The summed E-state index contributed by atoms with van der Waals surface area (Å²) in [6.07, 6.45) is 3.44. The fraction of sp³-hybridized carbons (Fsp3) is 0.143. The molecule has 2 aromatic heterocycles. The van der Waals surface area contributed by atoms with Gasteiger partial charge in [-0.2, -0.15) is 0 Å². The monoisotopic (exact) mass is 361 g/mol. The van der Waals surface area contributed by atoms with Gasteiger partial charge in [0, 0.05) is 25.0 Å². The van der Waals surface area contributed by atoms with E-state index in [0.717, 1.165) is 28.1 Å². The topological polar surface area (TPSA) is 83.4 Å². The molecule has 136 valence electrons. The summed E-state index contributed by atoms with van der Waals surface area (Å²) >= 11 is 0. The van der Waals surface area contributed by atoms with Gasteiger partial charge in [-0.3, -0.25) is 4.98 Å². The largest absolute Gasteiger partial charge is 0.492 e. The number of oxazole rings is 1. The van der Waals surface area contributed by atoms with Crippen molar-refractivity contribution in [2.24, 2.45) is 5.73 Å². The van der Waals surface area contributed by atoms with E-state index >= 15 is 0 Å². The Labute approximate surface area is 156 Å². The SMILES string of the molecule is NCCOc1ccc(COc2ccc3oc(-c4cccnc4)nc3c2)cc1. The van der Waals surface area contributed by atoms with Crippen LogP contribution in [-0.2, 0) is 6.61 Å². The zero-order valence-corrected chi connectivity index (χ0v) is 14.7. The predicted molar refractivity (Wildman–Crippen MR) is 103 cm³/mol. The maximum Gasteiger partial charge on any atom is 0.228 e. The maximum atomic E-state index is 5.88. The lowest BCUT2D eigenvalue weighted by Crippen LogP contribution is -2.10. The summed E-state index contributed by atoms with van der Waals surface area (Å²) in [5, 5.41) is 0. The second-order valence-corrected chi connectivity index (χ2v) is 5.96. The molecule has 0 amide bonds. The zero-order chi connectivity index (χ0) is 18.5. The molecule has 6 heteroatoms. The van der Waals surface area contributed by atoms with Crippen molar-refractivity contribution in [3.8, 4) is 23.0 Å². The Kier molecular flexibility index (Phi) is 4.98. The Hall–Kier alpha value is -3.38. The van der Waals surface area contributed by atoms with E-state index in [-0.39, 0.29) is 0 Å². The first-order valence-electron chi connectivity index (χ1n) is 8.67. The average Bonchev–Trinajstić information content (AvgIpc) is 3.15. The van der Waals surface area contributed by atoms with E-state index in [1.165, 1.54) is 0 Å². The summed E-state index contributed by atoms with van der Waals surface area (Å²) in [4.78, 5) is 8.62. The van der Waals surface area contributed by atoms with Crippen molar-refractivity contribution in [3.05, 3.63) is 72.6 Å². The van der Waals surface area contributed by atoms with Crippen LogP contribution >= 0.6 is 0 Å². The highest BCUT2D eigenvalue weighted by Gasteiger charge is 2.09. The molecular formula is C21H19N3O3. The first kappa shape index (κ1) is 17.1. The van der Waals surface area contributed by atoms with E-state index in [9.17, 15) is 0 Å². The fourth-order valence-electron chi connectivity index (χ4n) is 2.64. The lowest BCUT2D eigenvalue weighted by Gasteiger charge is -2.08. The van der Waals surface area contributed by atoms with Crippen molar-refractivity contribution in [1.29, 1.82) is 0 Å². The fourth-order valence-corrected chi connectivity index (χ4v) is 2.64. The molecular weight excluding hydrogens is 342 g/mol. The van der Waals surface area contributed by atoms with E-state index in [0.29, 0.717) is 31.2 Å². The zero-order valence-electron chi connectivity index (χ0n) is 14.7. The molecule has 0 aliphatic carbocycles. The van der Waals surface area contributed by atoms with Gasteiger partial charge < -0.3 is 19.6 Å². The van der Waals surface area contributed by atoms with Gasteiger partial charge in [0.1, 0.15) is 30.2 Å². The van der Waals surface area contributed by atoms with Crippen molar-refractivity contribution in [3.63, 3.8) is 0 Å². The van der Waals surface area contributed by atoms with Crippen molar-refractivity contribution in [2.45, 2.75) is 6.61 Å². The van der Waals surface area contributed by atoms with Crippen LogP contribution in [-0.4, -0.2) is 23.1 Å². The molecule has 0 saturated heterocycles. The number of benzene rings is 2. The van der Waals surface area contributed by atoms with Crippen molar-refractivity contribution < 1.29 is 13.9 Å². The number of rotatable bonds is 7. The number of hydrogen-bond acceptors (Lipinski definition) is 6. The molecule has 2 aromatic carbocycles. The number of aromatic nitrogens is 2. The molecule has 0 unspecified atom stereocenters. The van der Waals surface area contributed by atoms with Crippen LogP contribution in [0.2, 0.25) is 0 Å². The summed E-state index contributed by atoms with van der Waals surface area (Å²) in [7, 11) is 0. The Morgan fingerprint density at radius 1 is 0.963 bits per heavy atom. The van der Waals surface area contributed by atoms with Crippen LogP contribution in [0.25, 0.3) is 22.6 Å². The maximum absolute atomic E-state index is 5.88. The average molecular weight is 361 g/mol. The number of ether oxygens (including phenoxy) is 2. The van der Waals surface area contributed by atoms with Crippen LogP contribution < -0.4 is 15.2 Å². The first-order chi connectivity index (χ1) is 13.3. The second kappa shape index (κ2) is 7.88. The molecule has 0 saturated carbocycles. The summed E-state index contributed by atoms with van der Waals surface area (Å²) in [6.45, 7) is 1.46. The second-order valence-electron chi connectivity index (χ2n) is 5.96. The van der Waals surface area contributed by atoms with Crippen LogP contribution in [0.3, 0.4) is 0 Å². The van der Waals surface area contributed by atoms with E-state index in [2.05, 4.69) is 9.97 Å². The third-order valence-electron chi connectivity index (χ3n) is 3.98. The molecule has 0 atom stereocenters. The third kappa shape index (κ3) is 4.07. The molecule has 2 N–H and O–H groups in total. The van der Waals surface area contributed by atoms with Crippen LogP contribution in [0.5, 0.6) is 11.5 Å². The van der Waals surface area contributed by atoms with Gasteiger partial charge >= 0.3 is 0 Å². The highest BCUT2D eigenvalue weighted by atomic mass is 16.5. The van der Waals surface area contributed by atoms with Crippen molar-refractivity contribution in [2.75, 3.05) is 13.2 Å². The molecule has 6 nitrogen and oxygen atoms in total. The van der Waals surface area contributed by atoms with Gasteiger partial charge in [-0.25, -0.2) is 4.98 Å². The molecule has 0 aliphatic rings. The van der Waals surface area contributed by atoms with Crippen molar-refractivity contribution in [1.82, 2.24) is 9.97 Å². The number of nitrogens with two attached hydrogens (primary N) is 1. The Bertz CT molecular complexity index is 1010. The number of pyridine rings is 1. The first-order valence-corrected chi connectivity index (χ1v) is 8.67. The summed E-state index contributed by atoms with van der Waals surface area (Å²) in [6, 6.07) is 17.1. The molecule has 0 bridgehead atoms. The normalized spacial score (nSPS) is 10.9. The minimum absolute atomic E-state index is 0.454. The Balaban J connectivity index is 1.45. The van der Waals surface area contributed by atoms with Gasteiger partial charge in [-0.1, -0.05) is 12.1 Å². The Morgan fingerprint density at radius 2 is 1.81 bits per heavy atom. The van der Waals surface area contributed by atoms with Gasteiger partial charge in [-0.05, 0) is 42.0 Å². The number of fused-ring (bicyclic) bond motifs is 1.